The molecule has 2 rings (SSSR count). The number of halogens is 6. The van der Waals surface area contributed by atoms with E-state index in [1.54, 1.807) is 18.2 Å². The van der Waals surface area contributed by atoms with Crippen molar-refractivity contribution >= 4 is 79.6 Å². The minimum absolute atomic E-state index is 0.257. The minimum Gasteiger partial charge on any atom is -0.455 e. The van der Waals surface area contributed by atoms with E-state index in [2.05, 4.69) is 79.6 Å². The molecule has 0 aromatic heterocycles. The van der Waals surface area contributed by atoms with E-state index in [9.17, 15) is 4.39 Å². The molecular weight excluding hydrogens is 579 g/mol. The summed E-state index contributed by atoms with van der Waals surface area (Å²) in [5.41, 5.74) is 0. The second-order valence-electron chi connectivity index (χ2n) is 3.48. The summed E-state index contributed by atoms with van der Waals surface area (Å²) in [6.45, 7) is 0. The fourth-order valence-electron chi connectivity index (χ4n) is 1.30. The molecule has 0 bridgehead atoms. The van der Waals surface area contributed by atoms with E-state index >= 15 is 0 Å². The minimum atomic E-state index is -0.408. The first-order valence-corrected chi connectivity index (χ1v) is 8.82. The van der Waals surface area contributed by atoms with Crippen LogP contribution in [0.5, 0.6) is 11.5 Å². The zero-order valence-corrected chi connectivity index (χ0v) is 16.9. The molecule has 2 aromatic carbocycles. The van der Waals surface area contributed by atoms with Crippen LogP contribution in [0.25, 0.3) is 0 Å². The van der Waals surface area contributed by atoms with Crippen LogP contribution >= 0.6 is 79.6 Å². The van der Waals surface area contributed by atoms with Gasteiger partial charge >= 0.3 is 0 Å². The highest BCUT2D eigenvalue weighted by molar-refractivity contribution is 9.13. The average Bonchev–Trinajstić information content (AvgIpc) is 2.36. The van der Waals surface area contributed by atoms with Crippen LogP contribution in [0, 0.1) is 5.82 Å². The second-order valence-corrected chi connectivity index (χ2v) is 7.69. The Labute approximate surface area is 151 Å². The lowest BCUT2D eigenvalue weighted by Gasteiger charge is -2.12. The lowest BCUT2D eigenvalue weighted by molar-refractivity contribution is 0.468. The molecule has 1 nitrogen and oxygen atoms in total. The van der Waals surface area contributed by atoms with Crippen molar-refractivity contribution in [3.63, 3.8) is 0 Å². The van der Waals surface area contributed by atoms with Crippen LogP contribution in [0.1, 0.15) is 0 Å². The molecule has 0 amide bonds. The van der Waals surface area contributed by atoms with Crippen molar-refractivity contribution in [3.05, 3.63) is 52.4 Å². The lowest BCUT2D eigenvalue weighted by atomic mass is 10.3. The van der Waals surface area contributed by atoms with Gasteiger partial charge in [-0.3, -0.25) is 0 Å². The highest BCUT2D eigenvalue weighted by atomic mass is 79.9. The van der Waals surface area contributed by atoms with Gasteiger partial charge < -0.3 is 4.74 Å². The average molecular weight is 583 g/mol. The summed E-state index contributed by atoms with van der Waals surface area (Å²) in [5.74, 6) is 0.572. The van der Waals surface area contributed by atoms with Crippen LogP contribution in [-0.2, 0) is 0 Å². The highest BCUT2D eigenvalue weighted by Gasteiger charge is 2.16. The molecule has 0 saturated heterocycles. The van der Waals surface area contributed by atoms with Crippen molar-refractivity contribution in [3.8, 4) is 11.5 Å². The zero-order valence-electron chi connectivity index (χ0n) is 8.99. The Morgan fingerprint density at radius 3 is 2.11 bits per heavy atom. The second kappa shape index (κ2) is 6.56. The maximum Gasteiger partial charge on any atom is 0.158 e. The van der Waals surface area contributed by atoms with E-state index in [1.807, 2.05) is 6.07 Å². The van der Waals surface area contributed by atoms with Crippen molar-refractivity contribution in [1.29, 1.82) is 0 Å². The summed E-state index contributed by atoms with van der Waals surface area (Å²) in [7, 11) is 0. The van der Waals surface area contributed by atoms with Crippen LogP contribution in [0.3, 0.4) is 0 Å². The molecule has 0 aliphatic heterocycles. The topological polar surface area (TPSA) is 9.23 Å². The van der Waals surface area contributed by atoms with E-state index in [0.29, 0.717) is 20.4 Å². The number of ether oxygens (including phenoxy) is 1. The summed E-state index contributed by atoms with van der Waals surface area (Å²) in [6, 6.07) is 7.02. The maximum atomic E-state index is 13.8. The van der Waals surface area contributed by atoms with Gasteiger partial charge in [0.25, 0.3) is 0 Å². The molecule has 0 atom stereocenters. The summed E-state index contributed by atoms with van der Waals surface area (Å²) < 4.78 is 22.5. The molecule has 0 saturated carbocycles. The Bertz CT molecular complexity index is 645. The van der Waals surface area contributed by atoms with Crippen LogP contribution in [-0.4, -0.2) is 0 Å². The van der Waals surface area contributed by atoms with Gasteiger partial charge in [-0.1, -0.05) is 0 Å². The van der Waals surface area contributed by atoms with Crippen LogP contribution in [0.2, 0.25) is 0 Å². The summed E-state index contributed by atoms with van der Waals surface area (Å²) in [5, 5.41) is 0. The van der Waals surface area contributed by atoms with Gasteiger partial charge in [-0.25, -0.2) is 4.39 Å². The van der Waals surface area contributed by atoms with E-state index in [4.69, 9.17) is 4.74 Å². The van der Waals surface area contributed by atoms with Gasteiger partial charge in [0.05, 0.1) is 13.4 Å². The first kappa shape index (κ1) is 15.9. The first-order chi connectivity index (χ1) is 8.90. The van der Waals surface area contributed by atoms with Crippen LogP contribution in [0.15, 0.2) is 46.6 Å². The van der Waals surface area contributed by atoms with Crippen molar-refractivity contribution < 1.29 is 9.13 Å². The van der Waals surface area contributed by atoms with Crippen LogP contribution < -0.4 is 4.74 Å². The Balaban J connectivity index is 2.43. The molecule has 7 heteroatoms. The Morgan fingerprint density at radius 2 is 1.47 bits per heavy atom. The SMILES string of the molecule is Fc1c(Br)cc(Br)c(Oc2ccc(Br)c(Br)c2)c1Br. The van der Waals surface area contributed by atoms with E-state index in [0.717, 1.165) is 8.95 Å². The fraction of sp³-hybridized carbons (Fsp3) is 0. The van der Waals surface area contributed by atoms with E-state index in [1.165, 1.54) is 0 Å². The summed E-state index contributed by atoms with van der Waals surface area (Å²) in [6.07, 6.45) is 0. The van der Waals surface area contributed by atoms with Gasteiger partial charge in [0.15, 0.2) is 11.6 Å². The van der Waals surface area contributed by atoms with E-state index in [-0.39, 0.29) is 4.47 Å². The van der Waals surface area contributed by atoms with Crippen molar-refractivity contribution in [2.75, 3.05) is 0 Å². The normalized spacial score (nSPS) is 10.6. The standard InChI is InChI=1S/C12H4Br5FO/c13-6-2-1-5(3-7(6)14)19-12-9(16)4-8(15)11(18)10(12)17/h1-4H. The number of benzene rings is 2. The molecule has 0 N–H and O–H groups in total. The van der Waals surface area contributed by atoms with Crippen LogP contribution in [0.4, 0.5) is 4.39 Å². The monoisotopic (exact) mass is 578 g/mol. The van der Waals surface area contributed by atoms with Gasteiger partial charge in [0, 0.05) is 8.95 Å². The third kappa shape index (κ3) is 3.61. The highest BCUT2D eigenvalue weighted by Crippen LogP contribution is 2.42. The molecule has 100 valence electrons. The molecule has 0 fully saturated rings. The molecule has 2 aromatic rings. The van der Waals surface area contributed by atoms with E-state index < -0.39 is 5.82 Å². The van der Waals surface area contributed by atoms with Gasteiger partial charge in [-0.15, -0.1) is 0 Å². The molecule has 0 unspecified atom stereocenters. The molecule has 0 spiro atoms. The molecule has 19 heavy (non-hydrogen) atoms. The summed E-state index contributed by atoms with van der Waals surface area (Å²) >= 11 is 16.4. The van der Waals surface area contributed by atoms with Gasteiger partial charge in [-0.2, -0.15) is 0 Å². The third-order valence-corrected chi connectivity index (χ3v) is 5.94. The zero-order chi connectivity index (χ0) is 14.2. The maximum absolute atomic E-state index is 13.8. The molecule has 0 heterocycles. The number of hydrogen-bond donors (Lipinski definition) is 0. The molecule has 0 aliphatic carbocycles. The van der Waals surface area contributed by atoms with Crippen molar-refractivity contribution in [1.82, 2.24) is 0 Å². The number of hydrogen-bond acceptors (Lipinski definition) is 1. The Kier molecular flexibility index (Phi) is 5.50. The Morgan fingerprint density at radius 1 is 0.789 bits per heavy atom. The predicted octanol–water partition coefficient (Wildman–Crippen LogP) is 7.43. The quantitative estimate of drug-likeness (QED) is 0.264. The lowest BCUT2D eigenvalue weighted by Crippen LogP contribution is -1.91. The molecular formula is C12H4Br5FO. The predicted molar refractivity (Wildman–Crippen MR) is 91.4 cm³/mol. The summed E-state index contributed by atoms with van der Waals surface area (Å²) in [4.78, 5) is 0. The molecule has 0 radical (unpaired) electrons. The fourth-order valence-corrected chi connectivity index (χ4v) is 4.19. The largest absolute Gasteiger partial charge is 0.455 e. The third-order valence-electron chi connectivity index (χ3n) is 2.18. The van der Waals surface area contributed by atoms with Gasteiger partial charge in [0.2, 0.25) is 0 Å². The van der Waals surface area contributed by atoms with Crippen molar-refractivity contribution in [2.45, 2.75) is 0 Å². The smallest absolute Gasteiger partial charge is 0.158 e. The van der Waals surface area contributed by atoms with Gasteiger partial charge in [0.1, 0.15) is 5.75 Å². The molecule has 0 aliphatic rings. The van der Waals surface area contributed by atoms with Crippen molar-refractivity contribution in [2.24, 2.45) is 0 Å². The first-order valence-electron chi connectivity index (χ1n) is 4.86. The Hall–Kier alpha value is 0.570. The number of rotatable bonds is 2. The van der Waals surface area contributed by atoms with Gasteiger partial charge in [-0.05, 0) is 104 Å².